The summed E-state index contributed by atoms with van der Waals surface area (Å²) in [5, 5.41) is 10.1. The van der Waals surface area contributed by atoms with Crippen LogP contribution in [0.25, 0.3) is 0 Å². The molecule has 0 saturated carbocycles. The Balaban J connectivity index is 1.68. The minimum atomic E-state index is -0.581. The van der Waals surface area contributed by atoms with Gasteiger partial charge in [0.2, 0.25) is 5.91 Å². The maximum Gasteiger partial charge on any atom is 0.220 e. The molecule has 138 valence electrons. The Hall–Kier alpha value is -1.92. The van der Waals surface area contributed by atoms with Gasteiger partial charge in [-0.2, -0.15) is 0 Å². The second-order valence-electron chi connectivity index (χ2n) is 6.79. The van der Waals surface area contributed by atoms with Gasteiger partial charge in [0.15, 0.2) is 0 Å². The van der Waals surface area contributed by atoms with Gasteiger partial charge in [0.1, 0.15) is 24.2 Å². The SMILES string of the molecule is CC(=O)CCc1ccc(OC[C@@H](O)CN2CCC(C(N)=O)CC2)cc1. The molecule has 0 spiro atoms. The van der Waals surface area contributed by atoms with Gasteiger partial charge in [0.25, 0.3) is 0 Å². The summed E-state index contributed by atoms with van der Waals surface area (Å²) < 4.78 is 5.63. The Labute approximate surface area is 149 Å². The van der Waals surface area contributed by atoms with Crippen molar-refractivity contribution in [2.75, 3.05) is 26.2 Å². The van der Waals surface area contributed by atoms with E-state index < -0.39 is 6.10 Å². The van der Waals surface area contributed by atoms with Gasteiger partial charge in [0.05, 0.1) is 0 Å². The van der Waals surface area contributed by atoms with Gasteiger partial charge < -0.3 is 25.3 Å². The quantitative estimate of drug-likeness (QED) is 0.698. The number of aliphatic hydroxyl groups is 1. The van der Waals surface area contributed by atoms with E-state index in [4.69, 9.17) is 10.5 Å². The van der Waals surface area contributed by atoms with Crippen LogP contribution in [-0.4, -0.2) is 54.0 Å². The standard InChI is InChI=1S/C19H28N2O4/c1-14(22)2-3-15-4-6-18(7-5-15)25-13-17(23)12-21-10-8-16(9-11-21)19(20)24/h4-7,16-17,23H,2-3,8-13H2,1H3,(H2,20,24)/t17-/m0/s1. The van der Waals surface area contributed by atoms with Crippen LogP contribution in [0.15, 0.2) is 24.3 Å². The van der Waals surface area contributed by atoms with E-state index in [1.54, 1.807) is 6.92 Å². The number of ether oxygens (including phenoxy) is 1. The first-order valence-electron chi connectivity index (χ1n) is 8.85. The van der Waals surface area contributed by atoms with Crippen molar-refractivity contribution < 1.29 is 19.4 Å². The summed E-state index contributed by atoms with van der Waals surface area (Å²) in [4.78, 5) is 24.3. The smallest absolute Gasteiger partial charge is 0.220 e. The molecule has 0 radical (unpaired) electrons. The van der Waals surface area contributed by atoms with Gasteiger partial charge in [-0.3, -0.25) is 4.79 Å². The number of carbonyl (C=O) groups is 2. The molecule has 3 N–H and O–H groups in total. The van der Waals surface area contributed by atoms with Crippen molar-refractivity contribution in [1.82, 2.24) is 4.90 Å². The highest BCUT2D eigenvalue weighted by Gasteiger charge is 2.24. The predicted molar refractivity (Wildman–Crippen MR) is 95.3 cm³/mol. The number of piperidine rings is 1. The number of primary amides is 1. The molecular formula is C19H28N2O4. The van der Waals surface area contributed by atoms with E-state index in [1.807, 2.05) is 24.3 Å². The highest BCUT2D eigenvalue weighted by Crippen LogP contribution is 2.17. The number of hydrogen-bond donors (Lipinski definition) is 2. The highest BCUT2D eigenvalue weighted by atomic mass is 16.5. The molecule has 2 rings (SSSR count). The van der Waals surface area contributed by atoms with E-state index in [-0.39, 0.29) is 24.2 Å². The summed E-state index contributed by atoms with van der Waals surface area (Å²) in [5.74, 6) is 0.628. The fourth-order valence-electron chi connectivity index (χ4n) is 3.02. The largest absolute Gasteiger partial charge is 0.491 e. The van der Waals surface area contributed by atoms with Crippen LogP contribution in [0, 0.1) is 5.92 Å². The van der Waals surface area contributed by atoms with Crippen LogP contribution in [-0.2, 0) is 16.0 Å². The lowest BCUT2D eigenvalue weighted by atomic mass is 9.96. The Morgan fingerprint density at radius 1 is 1.28 bits per heavy atom. The zero-order valence-corrected chi connectivity index (χ0v) is 14.8. The molecule has 6 nitrogen and oxygen atoms in total. The summed E-state index contributed by atoms with van der Waals surface area (Å²) in [5.41, 5.74) is 6.42. The minimum Gasteiger partial charge on any atom is -0.491 e. The molecule has 1 aliphatic rings. The van der Waals surface area contributed by atoms with E-state index in [0.29, 0.717) is 18.7 Å². The fraction of sp³-hybridized carbons (Fsp3) is 0.579. The van der Waals surface area contributed by atoms with E-state index in [0.717, 1.165) is 37.9 Å². The lowest BCUT2D eigenvalue weighted by Gasteiger charge is -2.31. The Morgan fingerprint density at radius 2 is 1.92 bits per heavy atom. The molecule has 1 saturated heterocycles. The molecule has 1 fully saturated rings. The van der Waals surface area contributed by atoms with Crippen LogP contribution >= 0.6 is 0 Å². The molecule has 0 unspecified atom stereocenters. The number of Topliss-reactive ketones (excluding diaryl/α,β-unsaturated/α-hetero) is 1. The van der Waals surface area contributed by atoms with Crippen molar-refractivity contribution in [3.63, 3.8) is 0 Å². The number of aliphatic hydroxyl groups excluding tert-OH is 1. The van der Waals surface area contributed by atoms with Gasteiger partial charge in [-0.05, 0) is 57.0 Å². The van der Waals surface area contributed by atoms with E-state index in [2.05, 4.69) is 4.90 Å². The van der Waals surface area contributed by atoms with Crippen LogP contribution in [0.5, 0.6) is 5.75 Å². The number of hydrogen-bond acceptors (Lipinski definition) is 5. The zero-order valence-electron chi connectivity index (χ0n) is 14.8. The third-order valence-electron chi connectivity index (χ3n) is 4.59. The van der Waals surface area contributed by atoms with Gasteiger partial charge in [-0.25, -0.2) is 0 Å². The highest BCUT2D eigenvalue weighted by molar-refractivity contribution is 5.76. The molecule has 1 atom stereocenters. The predicted octanol–water partition coefficient (Wildman–Crippen LogP) is 1.15. The van der Waals surface area contributed by atoms with Crippen LogP contribution in [0.3, 0.4) is 0 Å². The monoisotopic (exact) mass is 348 g/mol. The molecule has 0 aliphatic carbocycles. The second kappa shape index (κ2) is 9.53. The molecule has 1 heterocycles. The van der Waals surface area contributed by atoms with Crippen LogP contribution in [0.2, 0.25) is 0 Å². The van der Waals surface area contributed by atoms with E-state index in [9.17, 15) is 14.7 Å². The lowest BCUT2D eigenvalue weighted by molar-refractivity contribution is -0.123. The second-order valence-corrected chi connectivity index (χ2v) is 6.79. The number of carbonyl (C=O) groups excluding carboxylic acids is 2. The van der Waals surface area contributed by atoms with Crippen LogP contribution < -0.4 is 10.5 Å². The Kier molecular flexibility index (Phi) is 7.40. The molecule has 1 amide bonds. The van der Waals surface area contributed by atoms with Crippen molar-refractivity contribution in [2.45, 2.75) is 38.7 Å². The number of benzene rings is 1. The van der Waals surface area contributed by atoms with Crippen molar-refractivity contribution >= 4 is 11.7 Å². The first-order chi connectivity index (χ1) is 11.9. The van der Waals surface area contributed by atoms with Gasteiger partial charge in [-0.1, -0.05) is 12.1 Å². The van der Waals surface area contributed by atoms with E-state index >= 15 is 0 Å². The Bertz CT molecular complexity index is 565. The van der Waals surface area contributed by atoms with Crippen molar-refractivity contribution in [3.05, 3.63) is 29.8 Å². The van der Waals surface area contributed by atoms with E-state index in [1.165, 1.54) is 0 Å². The third kappa shape index (κ3) is 6.84. The normalized spacial score (nSPS) is 17.2. The number of aryl methyl sites for hydroxylation is 1. The molecule has 1 aliphatic heterocycles. The minimum absolute atomic E-state index is 0.0360. The third-order valence-corrected chi connectivity index (χ3v) is 4.59. The number of nitrogens with zero attached hydrogens (tertiary/aromatic N) is 1. The topological polar surface area (TPSA) is 92.9 Å². The van der Waals surface area contributed by atoms with Crippen LogP contribution in [0.1, 0.15) is 31.7 Å². The van der Waals surface area contributed by atoms with Gasteiger partial charge >= 0.3 is 0 Å². The van der Waals surface area contributed by atoms with Crippen molar-refractivity contribution in [2.24, 2.45) is 11.7 Å². The first-order valence-corrected chi connectivity index (χ1v) is 8.85. The summed E-state index contributed by atoms with van der Waals surface area (Å²) in [6, 6.07) is 7.61. The molecular weight excluding hydrogens is 320 g/mol. The maximum atomic E-state index is 11.2. The number of likely N-dealkylation sites (tertiary alicyclic amines) is 1. The summed E-state index contributed by atoms with van der Waals surface area (Å²) in [6.07, 6.45) is 2.21. The maximum absolute atomic E-state index is 11.2. The molecule has 6 heteroatoms. The molecule has 1 aromatic carbocycles. The average molecular weight is 348 g/mol. The van der Waals surface area contributed by atoms with Gasteiger partial charge in [0, 0.05) is 18.9 Å². The molecule has 0 bridgehead atoms. The fourth-order valence-corrected chi connectivity index (χ4v) is 3.02. The summed E-state index contributed by atoms with van der Waals surface area (Å²) in [7, 11) is 0. The molecule has 1 aromatic rings. The average Bonchev–Trinajstić information content (AvgIpc) is 2.59. The van der Waals surface area contributed by atoms with Gasteiger partial charge in [-0.15, -0.1) is 0 Å². The Morgan fingerprint density at radius 3 is 2.48 bits per heavy atom. The van der Waals surface area contributed by atoms with Crippen LogP contribution in [0.4, 0.5) is 0 Å². The number of amides is 1. The number of β-amino-alcohol motifs (C(OH)–C–C–N with tert-alkyl or cyclic N) is 1. The van der Waals surface area contributed by atoms with Crippen molar-refractivity contribution in [1.29, 1.82) is 0 Å². The van der Waals surface area contributed by atoms with Crippen molar-refractivity contribution in [3.8, 4) is 5.75 Å². The molecule has 0 aromatic heterocycles. The lowest BCUT2D eigenvalue weighted by Crippen LogP contribution is -2.43. The summed E-state index contributed by atoms with van der Waals surface area (Å²) >= 11 is 0. The summed E-state index contributed by atoms with van der Waals surface area (Å²) in [6.45, 7) is 3.89. The number of rotatable bonds is 9. The first kappa shape index (κ1) is 19.4. The zero-order chi connectivity index (χ0) is 18.2. The number of nitrogens with two attached hydrogens (primary N) is 1. The molecule has 25 heavy (non-hydrogen) atoms. The number of ketones is 1.